The molecule has 0 saturated heterocycles. The second-order valence-electron chi connectivity index (χ2n) is 5.62. The zero-order chi connectivity index (χ0) is 18.2. The highest BCUT2D eigenvalue weighted by molar-refractivity contribution is 5.96. The molecule has 1 N–H and O–H groups in total. The van der Waals surface area contributed by atoms with Gasteiger partial charge in [-0.05, 0) is 35.4 Å². The van der Waals surface area contributed by atoms with Crippen LogP contribution in [0.1, 0.15) is 21.5 Å². The monoisotopic (exact) mass is 351 g/mol. The van der Waals surface area contributed by atoms with E-state index in [1.165, 1.54) is 12.1 Å². The number of carbonyl (C=O) groups excluding carboxylic acids is 1. The molecule has 0 aliphatic carbocycles. The summed E-state index contributed by atoms with van der Waals surface area (Å²) in [6, 6.07) is 22.4. The first-order valence-electron chi connectivity index (χ1n) is 8.15. The number of hydrogen-bond acceptors (Lipinski definition) is 3. The molecule has 0 radical (unpaired) electrons. The molecule has 0 atom stereocenters. The van der Waals surface area contributed by atoms with E-state index >= 15 is 0 Å². The Morgan fingerprint density at radius 1 is 0.808 bits per heavy atom. The molecule has 26 heavy (non-hydrogen) atoms. The molecule has 0 aliphatic heterocycles. The lowest BCUT2D eigenvalue weighted by molar-refractivity contribution is 0.0230. The van der Waals surface area contributed by atoms with Crippen molar-refractivity contribution in [2.75, 3.05) is 0 Å². The molecule has 0 spiro atoms. The molecule has 0 heterocycles. The third-order valence-electron chi connectivity index (χ3n) is 3.69. The number of rotatable bonds is 7. The predicted molar refractivity (Wildman–Crippen MR) is 95.9 cm³/mol. The van der Waals surface area contributed by atoms with Crippen LogP contribution in [0.5, 0.6) is 5.75 Å². The normalized spacial score (nSPS) is 10.3. The Labute approximate surface area is 151 Å². The second-order valence-corrected chi connectivity index (χ2v) is 5.62. The zero-order valence-electron chi connectivity index (χ0n) is 14.0. The van der Waals surface area contributed by atoms with Gasteiger partial charge in [-0.3, -0.25) is 9.63 Å². The van der Waals surface area contributed by atoms with Crippen molar-refractivity contribution in [1.29, 1.82) is 0 Å². The third kappa shape index (κ3) is 4.91. The lowest BCUT2D eigenvalue weighted by Crippen LogP contribution is -2.24. The molecule has 0 fully saturated rings. The van der Waals surface area contributed by atoms with Crippen molar-refractivity contribution in [3.63, 3.8) is 0 Å². The molecule has 0 unspecified atom stereocenters. The standard InChI is InChI=1S/C21H18FNO3/c22-18-12-10-17(11-13-18)14-25-20-9-5-4-8-19(20)21(24)23-26-15-16-6-2-1-3-7-16/h1-13H,14-15H2,(H,23,24). The van der Waals surface area contributed by atoms with Crippen molar-refractivity contribution in [3.05, 3.63) is 101 Å². The summed E-state index contributed by atoms with van der Waals surface area (Å²) in [6.45, 7) is 0.501. The van der Waals surface area contributed by atoms with Gasteiger partial charge in [-0.1, -0.05) is 54.6 Å². The number of hydrogen-bond donors (Lipinski definition) is 1. The first kappa shape index (κ1) is 17.6. The van der Waals surface area contributed by atoms with E-state index < -0.39 is 5.91 Å². The molecule has 0 aliphatic rings. The fraction of sp³-hybridized carbons (Fsp3) is 0.0952. The Morgan fingerprint density at radius 3 is 2.23 bits per heavy atom. The minimum Gasteiger partial charge on any atom is -0.488 e. The highest BCUT2D eigenvalue weighted by atomic mass is 19.1. The van der Waals surface area contributed by atoms with E-state index in [-0.39, 0.29) is 19.0 Å². The van der Waals surface area contributed by atoms with Gasteiger partial charge >= 0.3 is 0 Å². The molecule has 3 aromatic rings. The van der Waals surface area contributed by atoms with Crippen LogP contribution < -0.4 is 10.2 Å². The molecule has 132 valence electrons. The fourth-order valence-corrected chi connectivity index (χ4v) is 2.34. The van der Waals surface area contributed by atoms with E-state index in [1.807, 2.05) is 30.3 Å². The highest BCUT2D eigenvalue weighted by Crippen LogP contribution is 2.19. The Bertz CT molecular complexity index is 851. The van der Waals surface area contributed by atoms with Crippen molar-refractivity contribution in [2.45, 2.75) is 13.2 Å². The van der Waals surface area contributed by atoms with Gasteiger partial charge in [-0.15, -0.1) is 0 Å². The van der Waals surface area contributed by atoms with Gasteiger partial charge in [-0.2, -0.15) is 0 Å². The first-order chi connectivity index (χ1) is 12.7. The summed E-state index contributed by atoms with van der Waals surface area (Å²) in [6.07, 6.45) is 0. The van der Waals surface area contributed by atoms with Gasteiger partial charge in [0, 0.05) is 0 Å². The number of para-hydroxylation sites is 1. The molecular weight excluding hydrogens is 333 g/mol. The third-order valence-corrected chi connectivity index (χ3v) is 3.69. The van der Waals surface area contributed by atoms with Crippen LogP contribution in [-0.4, -0.2) is 5.91 Å². The lowest BCUT2D eigenvalue weighted by atomic mass is 10.2. The van der Waals surface area contributed by atoms with Crippen molar-refractivity contribution >= 4 is 5.91 Å². The summed E-state index contributed by atoms with van der Waals surface area (Å²) < 4.78 is 18.7. The molecule has 1 amide bonds. The molecule has 4 nitrogen and oxygen atoms in total. The van der Waals surface area contributed by atoms with Crippen molar-refractivity contribution in [2.24, 2.45) is 0 Å². The van der Waals surface area contributed by atoms with Crippen molar-refractivity contribution in [1.82, 2.24) is 5.48 Å². The van der Waals surface area contributed by atoms with Gasteiger partial charge in [0.05, 0.1) is 12.2 Å². The van der Waals surface area contributed by atoms with E-state index in [9.17, 15) is 9.18 Å². The van der Waals surface area contributed by atoms with E-state index in [0.717, 1.165) is 11.1 Å². The number of hydroxylamine groups is 1. The van der Waals surface area contributed by atoms with Gasteiger partial charge in [0.2, 0.25) is 0 Å². The Hall–Kier alpha value is -3.18. The summed E-state index contributed by atoms with van der Waals surface area (Å²) in [5.41, 5.74) is 4.55. The smallest absolute Gasteiger partial charge is 0.278 e. The fourth-order valence-electron chi connectivity index (χ4n) is 2.34. The Balaban J connectivity index is 1.58. The van der Waals surface area contributed by atoms with Crippen LogP contribution in [0.3, 0.4) is 0 Å². The average molecular weight is 351 g/mol. The number of ether oxygens (including phenoxy) is 1. The van der Waals surface area contributed by atoms with Crippen LogP contribution in [0, 0.1) is 5.82 Å². The maximum atomic E-state index is 13.0. The van der Waals surface area contributed by atoms with E-state index in [1.54, 1.807) is 36.4 Å². The SMILES string of the molecule is O=C(NOCc1ccccc1)c1ccccc1OCc1ccc(F)cc1. The topological polar surface area (TPSA) is 47.6 Å². The highest BCUT2D eigenvalue weighted by Gasteiger charge is 2.12. The minimum atomic E-state index is -0.393. The maximum absolute atomic E-state index is 13.0. The molecular formula is C21H18FNO3. The minimum absolute atomic E-state index is 0.232. The summed E-state index contributed by atoms with van der Waals surface area (Å²) in [7, 11) is 0. The van der Waals surface area contributed by atoms with Gasteiger partial charge in [0.1, 0.15) is 18.2 Å². The number of carbonyl (C=O) groups is 1. The molecule has 3 aromatic carbocycles. The van der Waals surface area contributed by atoms with Crippen molar-refractivity contribution in [3.8, 4) is 5.75 Å². The summed E-state index contributed by atoms with van der Waals surface area (Å²) >= 11 is 0. The van der Waals surface area contributed by atoms with Crippen LogP contribution in [0.25, 0.3) is 0 Å². The van der Waals surface area contributed by atoms with Crippen LogP contribution in [0.2, 0.25) is 0 Å². The van der Waals surface area contributed by atoms with Gasteiger partial charge < -0.3 is 4.74 Å². The molecule has 5 heteroatoms. The number of amides is 1. The Kier molecular flexibility index (Phi) is 5.96. The first-order valence-corrected chi connectivity index (χ1v) is 8.15. The lowest BCUT2D eigenvalue weighted by Gasteiger charge is -2.12. The summed E-state index contributed by atoms with van der Waals surface area (Å²) in [4.78, 5) is 17.6. The second kappa shape index (κ2) is 8.78. The van der Waals surface area contributed by atoms with Crippen LogP contribution in [-0.2, 0) is 18.1 Å². The average Bonchev–Trinajstić information content (AvgIpc) is 2.68. The van der Waals surface area contributed by atoms with Crippen LogP contribution in [0.15, 0.2) is 78.9 Å². The molecule has 3 rings (SSSR count). The van der Waals surface area contributed by atoms with Gasteiger partial charge in [0.25, 0.3) is 5.91 Å². The van der Waals surface area contributed by atoms with Crippen molar-refractivity contribution < 1.29 is 18.8 Å². The Morgan fingerprint density at radius 2 is 1.46 bits per heavy atom. The number of nitrogens with one attached hydrogen (secondary N) is 1. The van der Waals surface area contributed by atoms with Crippen LogP contribution in [0.4, 0.5) is 4.39 Å². The maximum Gasteiger partial charge on any atom is 0.278 e. The largest absolute Gasteiger partial charge is 0.488 e. The number of benzene rings is 3. The molecule has 0 saturated carbocycles. The van der Waals surface area contributed by atoms with Crippen LogP contribution >= 0.6 is 0 Å². The summed E-state index contributed by atoms with van der Waals surface area (Å²) in [5.74, 6) is -0.266. The predicted octanol–water partition coefficient (Wildman–Crippen LogP) is 4.27. The molecule has 0 bridgehead atoms. The van der Waals surface area contributed by atoms with E-state index in [2.05, 4.69) is 5.48 Å². The quantitative estimate of drug-likeness (QED) is 0.647. The van der Waals surface area contributed by atoms with Gasteiger partial charge in [0.15, 0.2) is 0 Å². The number of halogens is 1. The zero-order valence-corrected chi connectivity index (χ0v) is 14.0. The van der Waals surface area contributed by atoms with E-state index in [4.69, 9.17) is 9.57 Å². The van der Waals surface area contributed by atoms with E-state index in [0.29, 0.717) is 11.3 Å². The summed E-state index contributed by atoms with van der Waals surface area (Å²) in [5, 5.41) is 0. The van der Waals surface area contributed by atoms with Gasteiger partial charge in [-0.25, -0.2) is 9.87 Å². The molecule has 0 aromatic heterocycles.